The topological polar surface area (TPSA) is 79.8 Å². The van der Waals surface area contributed by atoms with Crippen LogP contribution < -0.4 is 0 Å². The van der Waals surface area contributed by atoms with Crippen molar-refractivity contribution in [3.63, 3.8) is 0 Å². The number of piperazine rings is 1. The van der Waals surface area contributed by atoms with Gasteiger partial charge in [0.05, 0.1) is 11.1 Å². The van der Waals surface area contributed by atoms with E-state index in [1.807, 2.05) is 17.5 Å². The molecule has 3 aromatic rings. The molecule has 7 nitrogen and oxygen atoms in total. The molecule has 1 aliphatic heterocycles. The Kier molecular flexibility index (Phi) is 4.10. The molecule has 0 bridgehead atoms. The maximum absolute atomic E-state index is 12.6. The Bertz CT molecular complexity index is 862. The third-order valence-corrected chi connectivity index (χ3v) is 4.96. The third-order valence-electron chi connectivity index (χ3n) is 4.08. The molecule has 1 saturated heterocycles. The molecular formula is C17H15N3O4S. The van der Waals surface area contributed by atoms with Crippen molar-refractivity contribution in [2.75, 3.05) is 26.2 Å². The van der Waals surface area contributed by atoms with Gasteiger partial charge in [0.25, 0.3) is 11.8 Å². The highest BCUT2D eigenvalue weighted by molar-refractivity contribution is 7.13. The lowest BCUT2D eigenvalue weighted by molar-refractivity contribution is 0.0513. The molecule has 0 spiro atoms. The van der Waals surface area contributed by atoms with Crippen LogP contribution in [0.1, 0.15) is 21.0 Å². The normalized spacial score (nSPS) is 14.7. The van der Waals surface area contributed by atoms with Crippen molar-refractivity contribution >= 4 is 23.2 Å². The van der Waals surface area contributed by atoms with Gasteiger partial charge in [-0.25, -0.2) is 0 Å². The predicted molar refractivity (Wildman–Crippen MR) is 90.3 cm³/mol. The number of amides is 2. The second kappa shape index (κ2) is 6.56. The van der Waals surface area contributed by atoms with E-state index in [0.717, 1.165) is 4.88 Å². The van der Waals surface area contributed by atoms with E-state index >= 15 is 0 Å². The Labute approximate surface area is 147 Å². The molecule has 2 amide bonds. The van der Waals surface area contributed by atoms with E-state index in [-0.39, 0.29) is 17.5 Å². The van der Waals surface area contributed by atoms with Crippen molar-refractivity contribution in [3.8, 4) is 10.6 Å². The highest BCUT2D eigenvalue weighted by Crippen LogP contribution is 2.25. The monoisotopic (exact) mass is 357 g/mol. The predicted octanol–water partition coefficient (Wildman–Crippen LogP) is 2.59. The van der Waals surface area contributed by atoms with E-state index in [9.17, 15) is 9.59 Å². The molecule has 25 heavy (non-hydrogen) atoms. The van der Waals surface area contributed by atoms with Gasteiger partial charge in [-0.1, -0.05) is 11.2 Å². The summed E-state index contributed by atoms with van der Waals surface area (Å²) in [5.41, 5.74) is 0.286. The van der Waals surface area contributed by atoms with Gasteiger partial charge in [0.2, 0.25) is 0 Å². The van der Waals surface area contributed by atoms with E-state index in [1.165, 1.54) is 17.6 Å². The van der Waals surface area contributed by atoms with Crippen LogP contribution in [0.2, 0.25) is 0 Å². The number of aromatic nitrogens is 1. The number of carbonyl (C=O) groups is 2. The van der Waals surface area contributed by atoms with E-state index in [4.69, 9.17) is 8.94 Å². The fourth-order valence-electron chi connectivity index (χ4n) is 2.74. The van der Waals surface area contributed by atoms with Crippen LogP contribution in [0.4, 0.5) is 0 Å². The highest BCUT2D eigenvalue weighted by atomic mass is 32.1. The maximum atomic E-state index is 12.6. The van der Waals surface area contributed by atoms with Crippen LogP contribution in [0.3, 0.4) is 0 Å². The molecule has 0 aliphatic carbocycles. The lowest BCUT2D eigenvalue weighted by Gasteiger charge is -2.33. The van der Waals surface area contributed by atoms with Crippen LogP contribution in [-0.2, 0) is 0 Å². The van der Waals surface area contributed by atoms with Gasteiger partial charge in [0, 0.05) is 32.2 Å². The van der Waals surface area contributed by atoms with Crippen LogP contribution in [0, 0.1) is 0 Å². The van der Waals surface area contributed by atoms with Crippen LogP contribution in [0.25, 0.3) is 10.6 Å². The van der Waals surface area contributed by atoms with Gasteiger partial charge in [-0.2, -0.15) is 0 Å². The Hall–Kier alpha value is -2.87. The lowest BCUT2D eigenvalue weighted by Crippen LogP contribution is -2.50. The molecule has 0 aromatic carbocycles. The Balaban J connectivity index is 1.39. The second-order valence-electron chi connectivity index (χ2n) is 5.62. The van der Waals surface area contributed by atoms with Gasteiger partial charge < -0.3 is 18.7 Å². The number of thiophene rings is 1. The summed E-state index contributed by atoms with van der Waals surface area (Å²) in [4.78, 5) is 29.1. The number of hydrogen-bond acceptors (Lipinski definition) is 6. The van der Waals surface area contributed by atoms with Crippen molar-refractivity contribution in [1.82, 2.24) is 15.0 Å². The molecule has 1 fully saturated rings. The summed E-state index contributed by atoms with van der Waals surface area (Å²) in [6.45, 7) is 1.82. The van der Waals surface area contributed by atoms with Crippen molar-refractivity contribution in [1.29, 1.82) is 0 Å². The molecule has 0 saturated carbocycles. The first-order valence-corrected chi connectivity index (χ1v) is 8.73. The zero-order chi connectivity index (χ0) is 17.2. The average Bonchev–Trinajstić information content (AvgIpc) is 3.42. The summed E-state index contributed by atoms with van der Waals surface area (Å²) in [5, 5.41) is 5.83. The van der Waals surface area contributed by atoms with Crippen LogP contribution in [0.15, 0.2) is 50.9 Å². The van der Waals surface area contributed by atoms with Crippen molar-refractivity contribution in [3.05, 3.63) is 53.4 Å². The molecule has 4 heterocycles. The van der Waals surface area contributed by atoms with Crippen molar-refractivity contribution in [2.24, 2.45) is 0 Å². The van der Waals surface area contributed by atoms with Gasteiger partial charge in [-0.3, -0.25) is 9.59 Å². The molecule has 0 atom stereocenters. The van der Waals surface area contributed by atoms with E-state index in [2.05, 4.69) is 5.16 Å². The van der Waals surface area contributed by atoms with Gasteiger partial charge in [0.15, 0.2) is 17.2 Å². The van der Waals surface area contributed by atoms with E-state index < -0.39 is 0 Å². The standard InChI is InChI=1S/C17H15N3O4S/c21-16(12-11-14(24-18-12)15-4-2-10-25-15)19-5-7-20(8-6-19)17(22)13-3-1-9-23-13/h1-4,9-11H,5-8H2. The largest absolute Gasteiger partial charge is 0.459 e. The summed E-state index contributed by atoms with van der Waals surface area (Å²) in [7, 11) is 0. The molecule has 0 N–H and O–H groups in total. The summed E-state index contributed by atoms with van der Waals surface area (Å²) >= 11 is 1.53. The average molecular weight is 357 g/mol. The number of hydrogen-bond donors (Lipinski definition) is 0. The van der Waals surface area contributed by atoms with Gasteiger partial charge in [-0.15, -0.1) is 11.3 Å². The quantitative estimate of drug-likeness (QED) is 0.720. The molecule has 128 valence electrons. The summed E-state index contributed by atoms with van der Waals surface area (Å²) < 4.78 is 10.4. The van der Waals surface area contributed by atoms with Crippen LogP contribution >= 0.6 is 11.3 Å². The van der Waals surface area contributed by atoms with Crippen LogP contribution in [0.5, 0.6) is 0 Å². The first-order valence-electron chi connectivity index (χ1n) is 7.85. The number of rotatable bonds is 3. The second-order valence-corrected chi connectivity index (χ2v) is 6.56. The van der Waals surface area contributed by atoms with Crippen molar-refractivity contribution in [2.45, 2.75) is 0 Å². The molecule has 0 unspecified atom stereocenters. The first kappa shape index (κ1) is 15.6. The number of carbonyl (C=O) groups excluding carboxylic acids is 2. The minimum Gasteiger partial charge on any atom is -0.459 e. The highest BCUT2D eigenvalue weighted by Gasteiger charge is 2.28. The molecule has 0 radical (unpaired) electrons. The summed E-state index contributed by atoms with van der Waals surface area (Å²) in [6, 6.07) is 8.82. The molecule has 1 aliphatic rings. The Morgan fingerprint density at radius 3 is 2.44 bits per heavy atom. The fraction of sp³-hybridized carbons (Fsp3) is 0.235. The summed E-state index contributed by atoms with van der Waals surface area (Å²) in [5.74, 6) is 0.567. The van der Waals surface area contributed by atoms with E-state index in [1.54, 1.807) is 28.0 Å². The molecule has 4 rings (SSSR count). The first-order chi connectivity index (χ1) is 12.2. The smallest absolute Gasteiger partial charge is 0.289 e. The van der Waals surface area contributed by atoms with Crippen molar-refractivity contribution < 1.29 is 18.5 Å². The summed E-state index contributed by atoms with van der Waals surface area (Å²) in [6.07, 6.45) is 1.47. The minimum absolute atomic E-state index is 0.154. The van der Waals surface area contributed by atoms with Gasteiger partial charge in [0.1, 0.15) is 0 Å². The zero-order valence-corrected chi connectivity index (χ0v) is 14.1. The fourth-order valence-corrected chi connectivity index (χ4v) is 3.41. The SMILES string of the molecule is O=C(c1cc(-c2cccs2)on1)N1CCN(C(=O)c2ccco2)CC1. The number of nitrogens with zero attached hydrogens (tertiary/aromatic N) is 3. The minimum atomic E-state index is -0.184. The van der Waals surface area contributed by atoms with Crippen LogP contribution in [-0.4, -0.2) is 52.9 Å². The molecule has 8 heteroatoms. The van der Waals surface area contributed by atoms with E-state index in [0.29, 0.717) is 37.7 Å². The Morgan fingerprint density at radius 1 is 1.04 bits per heavy atom. The van der Waals surface area contributed by atoms with Gasteiger partial charge >= 0.3 is 0 Å². The lowest BCUT2D eigenvalue weighted by atomic mass is 10.2. The molecule has 3 aromatic heterocycles. The maximum Gasteiger partial charge on any atom is 0.289 e. The Morgan fingerprint density at radius 2 is 1.80 bits per heavy atom. The number of furan rings is 1. The van der Waals surface area contributed by atoms with Gasteiger partial charge in [-0.05, 0) is 23.6 Å². The zero-order valence-electron chi connectivity index (χ0n) is 13.3. The third kappa shape index (κ3) is 3.08. The molecular weight excluding hydrogens is 342 g/mol.